The fraction of sp³-hybridized carbons (Fsp3) is 0.200. The van der Waals surface area contributed by atoms with Crippen LogP contribution in [0.15, 0.2) is 28.7 Å². The van der Waals surface area contributed by atoms with Gasteiger partial charge in [-0.2, -0.15) is 5.10 Å². The number of halogens is 3. The Morgan fingerprint density at radius 1 is 1.28 bits per heavy atom. The van der Waals surface area contributed by atoms with Crippen molar-refractivity contribution in [2.45, 2.75) is 13.5 Å². The topological polar surface area (TPSA) is 73.4 Å². The van der Waals surface area contributed by atoms with Crippen LogP contribution >= 0.6 is 39.1 Å². The maximum atomic E-state index is 12.2. The molecule has 0 amide bonds. The van der Waals surface area contributed by atoms with Crippen LogP contribution in [-0.4, -0.2) is 29.9 Å². The third-order valence-corrected chi connectivity index (χ3v) is 5.53. The fourth-order valence-corrected chi connectivity index (χ4v) is 4.46. The molecule has 0 unspecified atom stereocenters. The summed E-state index contributed by atoms with van der Waals surface area (Å²) in [5, 5.41) is 8.10. The third-order valence-electron chi connectivity index (χ3n) is 4.50. The molecule has 9 heteroatoms. The number of nitrogens with one attached hydrogen (secondary N) is 1. The van der Waals surface area contributed by atoms with Crippen molar-refractivity contribution in [2.75, 3.05) is 13.7 Å². The largest absolute Gasteiger partial charge is 0.495 e. The van der Waals surface area contributed by atoms with Crippen LogP contribution < -0.4 is 9.47 Å². The first kappa shape index (κ1) is 20.1. The second-order valence-electron chi connectivity index (χ2n) is 6.24. The molecule has 6 nitrogen and oxygen atoms in total. The predicted molar refractivity (Wildman–Crippen MR) is 114 cm³/mol. The molecule has 150 valence electrons. The molecule has 0 spiro atoms. The van der Waals surface area contributed by atoms with Gasteiger partial charge in [0.15, 0.2) is 5.69 Å². The van der Waals surface area contributed by atoms with E-state index in [1.807, 2.05) is 6.07 Å². The summed E-state index contributed by atoms with van der Waals surface area (Å²) in [4.78, 5) is 12.2. The molecule has 2 heterocycles. The van der Waals surface area contributed by atoms with Crippen LogP contribution in [0.4, 0.5) is 0 Å². The van der Waals surface area contributed by atoms with Gasteiger partial charge in [0.2, 0.25) is 0 Å². The van der Waals surface area contributed by atoms with Gasteiger partial charge in [0.25, 0.3) is 0 Å². The Kier molecular flexibility index (Phi) is 5.46. The van der Waals surface area contributed by atoms with Crippen molar-refractivity contribution in [3.05, 3.63) is 50.0 Å². The first-order valence-corrected chi connectivity index (χ1v) is 10.2. The number of H-pyrrole nitrogens is 1. The van der Waals surface area contributed by atoms with Crippen LogP contribution in [0.1, 0.15) is 23.0 Å². The normalized spacial score (nSPS) is 12.0. The van der Waals surface area contributed by atoms with Gasteiger partial charge in [0, 0.05) is 15.6 Å². The summed E-state index contributed by atoms with van der Waals surface area (Å²) in [5.74, 6) is 0.673. The Balaban J connectivity index is 1.95. The van der Waals surface area contributed by atoms with E-state index in [1.54, 1.807) is 32.2 Å². The molecule has 1 aliphatic heterocycles. The number of aromatic amines is 1. The highest BCUT2D eigenvalue weighted by Gasteiger charge is 2.31. The lowest BCUT2D eigenvalue weighted by molar-refractivity contribution is 0.0516. The summed E-state index contributed by atoms with van der Waals surface area (Å²) < 4.78 is 17.5. The lowest BCUT2D eigenvalue weighted by Crippen LogP contribution is -2.12. The Labute approximate surface area is 185 Å². The monoisotopic (exact) mass is 496 g/mol. The van der Waals surface area contributed by atoms with Crippen LogP contribution in [0.25, 0.3) is 22.4 Å². The van der Waals surface area contributed by atoms with Crippen molar-refractivity contribution in [3.8, 4) is 33.9 Å². The number of rotatable bonds is 4. The van der Waals surface area contributed by atoms with Crippen molar-refractivity contribution in [3.63, 3.8) is 0 Å². The van der Waals surface area contributed by atoms with Crippen molar-refractivity contribution in [2.24, 2.45) is 0 Å². The molecule has 0 atom stereocenters. The maximum absolute atomic E-state index is 12.2. The summed E-state index contributed by atoms with van der Waals surface area (Å²) in [5.41, 5.74) is 3.67. The number of fused-ring (bicyclic) bond motifs is 3. The highest BCUT2D eigenvalue weighted by Crippen LogP contribution is 2.51. The lowest BCUT2D eigenvalue weighted by atomic mass is 9.95. The molecule has 0 radical (unpaired) electrons. The quantitative estimate of drug-likeness (QED) is 0.455. The molecule has 4 rings (SSSR count). The number of esters is 1. The summed E-state index contributed by atoms with van der Waals surface area (Å²) >= 11 is 16.0. The Morgan fingerprint density at radius 3 is 2.66 bits per heavy atom. The van der Waals surface area contributed by atoms with Gasteiger partial charge < -0.3 is 14.2 Å². The predicted octanol–water partition coefficient (Wildman–Crippen LogP) is 5.89. The van der Waals surface area contributed by atoms with Crippen LogP contribution in [0.3, 0.4) is 0 Å². The average Bonchev–Trinajstić information content (AvgIpc) is 3.11. The van der Waals surface area contributed by atoms with E-state index in [-0.39, 0.29) is 18.9 Å². The van der Waals surface area contributed by atoms with Crippen LogP contribution in [0.5, 0.6) is 11.5 Å². The summed E-state index contributed by atoms with van der Waals surface area (Å²) in [6.07, 6.45) is 0. The van der Waals surface area contributed by atoms with Gasteiger partial charge in [-0.3, -0.25) is 5.10 Å². The summed E-state index contributed by atoms with van der Waals surface area (Å²) in [7, 11) is 1.57. The van der Waals surface area contributed by atoms with Crippen molar-refractivity contribution in [1.82, 2.24) is 10.2 Å². The van der Waals surface area contributed by atoms with Crippen molar-refractivity contribution >= 4 is 45.1 Å². The molecule has 0 saturated heterocycles. The summed E-state index contributed by atoms with van der Waals surface area (Å²) in [6.45, 7) is 2.17. The third kappa shape index (κ3) is 3.47. The zero-order chi connectivity index (χ0) is 20.7. The Hall–Kier alpha value is -2.22. The van der Waals surface area contributed by atoms with Crippen LogP contribution in [0.2, 0.25) is 10.0 Å². The molecule has 0 aliphatic carbocycles. The minimum Gasteiger partial charge on any atom is -0.495 e. The number of hydrogen-bond donors (Lipinski definition) is 1. The molecule has 0 fully saturated rings. The zero-order valence-corrected chi connectivity index (χ0v) is 18.5. The Bertz CT molecular complexity index is 1110. The number of carbonyl (C=O) groups excluding carboxylic acids is 1. The number of ether oxygens (including phenoxy) is 3. The van der Waals surface area contributed by atoms with Gasteiger partial charge in [0.05, 0.1) is 29.3 Å². The van der Waals surface area contributed by atoms with Gasteiger partial charge in [-0.15, -0.1) is 0 Å². The van der Waals surface area contributed by atoms with E-state index in [2.05, 4.69) is 26.1 Å². The van der Waals surface area contributed by atoms with E-state index in [0.717, 1.165) is 5.56 Å². The van der Waals surface area contributed by atoms with E-state index < -0.39 is 5.97 Å². The average molecular weight is 498 g/mol. The van der Waals surface area contributed by atoms with Gasteiger partial charge in [-0.1, -0.05) is 23.2 Å². The molecule has 2 aromatic carbocycles. The number of benzene rings is 2. The molecule has 0 saturated carbocycles. The van der Waals surface area contributed by atoms with Crippen molar-refractivity contribution in [1.29, 1.82) is 0 Å². The second-order valence-corrected chi connectivity index (χ2v) is 7.96. The highest BCUT2D eigenvalue weighted by molar-refractivity contribution is 9.10. The maximum Gasteiger partial charge on any atom is 0.356 e. The van der Waals surface area contributed by atoms with E-state index in [1.165, 1.54) is 0 Å². The molecule has 29 heavy (non-hydrogen) atoms. The standard InChI is InChI=1S/C20H15BrCl2N2O4/c1-3-28-20(26)17-13-8-29-18-12(16(13)24-25-17)7-14(21)19(27-2)15(18)9-4-10(22)6-11(23)5-9/h4-7H,3,8H2,1-2H3,(H,24,25). The van der Waals surface area contributed by atoms with Gasteiger partial charge in [-0.05, 0) is 52.7 Å². The molecule has 3 aromatic rings. The highest BCUT2D eigenvalue weighted by atomic mass is 79.9. The minimum atomic E-state index is -0.470. The second kappa shape index (κ2) is 7.89. The SMILES string of the molecule is CCOC(=O)c1[nH]nc2c1COc1c-2cc(Br)c(OC)c1-c1cc(Cl)cc(Cl)c1. The summed E-state index contributed by atoms with van der Waals surface area (Å²) in [6, 6.07) is 7.07. The number of hydrogen-bond acceptors (Lipinski definition) is 5. The zero-order valence-electron chi connectivity index (χ0n) is 15.4. The molecular weight excluding hydrogens is 483 g/mol. The van der Waals surface area contributed by atoms with Gasteiger partial charge in [0.1, 0.15) is 23.8 Å². The number of carbonyl (C=O) groups is 1. The molecule has 1 N–H and O–H groups in total. The number of aromatic nitrogens is 2. The van der Waals surface area contributed by atoms with E-state index in [9.17, 15) is 4.79 Å². The van der Waals surface area contributed by atoms with E-state index in [0.29, 0.717) is 48.4 Å². The fourth-order valence-electron chi connectivity index (χ4n) is 3.35. The van der Waals surface area contributed by atoms with Gasteiger partial charge >= 0.3 is 5.97 Å². The molecule has 1 aromatic heterocycles. The van der Waals surface area contributed by atoms with Crippen molar-refractivity contribution < 1.29 is 19.0 Å². The van der Waals surface area contributed by atoms with E-state index in [4.69, 9.17) is 37.4 Å². The van der Waals surface area contributed by atoms with Crippen LogP contribution in [-0.2, 0) is 11.3 Å². The Morgan fingerprint density at radius 2 is 2.00 bits per heavy atom. The number of nitrogens with zero attached hydrogens (tertiary/aromatic N) is 1. The minimum absolute atomic E-state index is 0.152. The first-order valence-electron chi connectivity index (χ1n) is 8.69. The van der Waals surface area contributed by atoms with Gasteiger partial charge in [-0.25, -0.2) is 4.79 Å². The first-order chi connectivity index (χ1) is 13.9. The lowest BCUT2D eigenvalue weighted by Gasteiger charge is -2.23. The van der Waals surface area contributed by atoms with E-state index >= 15 is 0 Å². The van der Waals surface area contributed by atoms with Crippen LogP contribution in [0, 0.1) is 0 Å². The smallest absolute Gasteiger partial charge is 0.356 e. The molecule has 0 bridgehead atoms. The molecule has 1 aliphatic rings. The number of methoxy groups -OCH3 is 1. The molecular formula is C20H15BrCl2N2O4.